The lowest BCUT2D eigenvalue weighted by Gasteiger charge is -2.30. The van der Waals surface area contributed by atoms with Crippen LogP contribution in [0.5, 0.6) is 0 Å². The minimum Gasteiger partial charge on any atom is -0.392 e. The monoisotopic (exact) mass is 423 g/mol. The van der Waals surface area contributed by atoms with E-state index in [1.807, 2.05) is 0 Å². The molecule has 1 aromatic carbocycles. The van der Waals surface area contributed by atoms with E-state index in [1.165, 1.54) is 0 Å². The van der Waals surface area contributed by atoms with E-state index in [2.05, 4.69) is 58.7 Å². The molecule has 2 rings (SSSR count). The summed E-state index contributed by atoms with van der Waals surface area (Å²) in [5.41, 5.74) is 5.20. The topological polar surface area (TPSA) is 53.1 Å². The molecule has 3 nitrogen and oxygen atoms in total. The first-order valence-electron chi connectivity index (χ1n) is 9.61. The number of carbonyl (C=O) groups is 1. The lowest BCUT2D eigenvalue weighted by Crippen LogP contribution is -2.22. The van der Waals surface area contributed by atoms with Gasteiger partial charge in [-0.1, -0.05) is 76.9 Å². The highest BCUT2D eigenvalue weighted by Gasteiger charge is 2.26. The highest BCUT2D eigenvalue weighted by atomic mass is 35.5. The number of ketones is 1. The summed E-state index contributed by atoms with van der Waals surface area (Å²) in [5.74, 6) is -0.0548. The maximum Gasteiger partial charge on any atom is 0.180 e. The van der Waals surface area contributed by atoms with E-state index in [4.69, 9.17) is 23.2 Å². The molecule has 0 spiro atoms. The van der Waals surface area contributed by atoms with Crippen molar-refractivity contribution in [3.05, 3.63) is 55.8 Å². The standard InChI is InChI=1S/C23H31Cl2NO2/c1-13-19(24)20(25)21(26-13)18(28)9-8-14-10-16(22(2,3)4)15(12-27)17(11-14)23(5,6)7/h10-11,26-27H,8-9,12H2,1-7H3. The van der Waals surface area contributed by atoms with Gasteiger partial charge in [0.25, 0.3) is 0 Å². The van der Waals surface area contributed by atoms with E-state index in [0.29, 0.717) is 34.3 Å². The molecular formula is C23H31Cl2NO2. The van der Waals surface area contributed by atoms with Crippen molar-refractivity contribution in [2.45, 2.75) is 78.7 Å². The van der Waals surface area contributed by atoms with Gasteiger partial charge in [-0.3, -0.25) is 4.79 Å². The van der Waals surface area contributed by atoms with Gasteiger partial charge in [-0.2, -0.15) is 0 Å². The number of hydrogen-bond donors (Lipinski definition) is 2. The molecule has 2 aromatic rings. The molecule has 0 atom stereocenters. The summed E-state index contributed by atoms with van der Waals surface area (Å²) in [4.78, 5) is 15.7. The van der Waals surface area contributed by atoms with Crippen molar-refractivity contribution in [1.29, 1.82) is 0 Å². The number of halogens is 2. The van der Waals surface area contributed by atoms with Crippen LogP contribution in [0.4, 0.5) is 0 Å². The molecule has 0 aliphatic rings. The summed E-state index contributed by atoms with van der Waals surface area (Å²) in [6.07, 6.45) is 0.935. The van der Waals surface area contributed by atoms with Crippen LogP contribution in [0.3, 0.4) is 0 Å². The number of benzene rings is 1. The van der Waals surface area contributed by atoms with E-state index in [0.717, 1.165) is 22.3 Å². The van der Waals surface area contributed by atoms with Crippen molar-refractivity contribution in [3.8, 4) is 0 Å². The van der Waals surface area contributed by atoms with Crippen LogP contribution in [0, 0.1) is 6.92 Å². The molecule has 0 saturated carbocycles. The van der Waals surface area contributed by atoms with E-state index in [-0.39, 0.29) is 23.2 Å². The maximum absolute atomic E-state index is 12.7. The van der Waals surface area contributed by atoms with Crippen molar-refractivity contribution in [2.75, 3.05) is 0 Å². The highest BCUT2D eigenvalue weighted by molar-refractivity contribution is 6.44. The van der Waals surface area contributed by atoms with Crippen LogP contribution in [0.2, 0.25) is 10.0 Å². The second kappa shape index (κ2) is 8.22. The van der Waals surface area contributed by atoms with Crippen LogP contribution in [0.15, 0.2) is 12.1 Å². The van der Waals surface area contributed by atoms with Gasteiger partial charge in [-0.15, -0.1) is 0 Å². The molecule has 0 amide bonds. The molecule has 0 saturated heterocycles. The number of aromatic amines is 1. The summed E-state index contributed by atoms with van der Waals surface area (Å²) in [5, 5.41) is 10.8. The minimum absolute atomic E-state index is 0.00821. The Morgan fingerprint density at radius 1 is 1.00 bits per heavy atom. The van der Waals surface area contributed by atoms with E-state index in [1.54, 1.807) is 6.92 Å². The largest absolute Gasteiger partial charge is 0.392 e. The summed E-state index contributed by atoms with van der Waals surface area (Å²) < 4.78 is 0. The molecule has 0 aliphatic carbocycles. The third kappa shape index (κ3) is 4.82. The molecule has 0 aliphatic heterocycles. The van der Waals surface area contributed by atoms with Gasteiger partial charge in [0.15, 0.2) is 5.78 Å². The first-order chi connectivity index (χ1) is 12.8. The van der Waals surface area contributed by atoms with Gasteiger partial charge >= 0.3 is 0 Å². The second-order valence-corrected chi connectivity index (χ2v) is 10.3. The van der Waals surface area contributed by atoms with E-state index >= 15 is 0 Å². The zero-order chi connectivity index (χ0) is 21.4. The molecule has 154 valence electrons. The minimum atomic E-state index is -0.106. The van der Waals surface area contributed by atoms with Gasteiger partial charge in [-0.05, 0) is 46.4 Å². The molecule has 0 unspecified atom stereocenters. The third-order valence-corrected chi connectivity index (χ3v) is 6.00. The smallest absolute Gasteiger partial charge is 0.180 e. The van der Waals surface area contributed by atoms with Crippen LogP contribution >= 0.6 is 23.2 Å². The van der Waals surface area contributed by atoms with Crippen LogP contribution in [0.25, 0.3) is 0 Å². The average molecular weight is 424 g/mol. The van der Waals surface area contributed by atoms with Gasteiger partial charge in [0.2, 0.25) is 0 Å². The Labute approximate surface area is 178 Å². The predicted molar refractivity (Wildman–Crippen MR) is 118 cm³/mol. The number of aliphatic hydroxyl groups excluding tert-OH is 1. The number of hydrogen-bond acceptors (Lipinski definition) is 2. The summed E-state index contributed by atoms with van der Waals surface area (Å²) in [6.45, 7) is 14.7. The normalized spacial score (nSPS) is 12.5. The molecule has 5 heteroatoms. The summed E-state index contributed by atoms with van der Waals surface area (Å²) in [6, 6.07) is 4.26. The van der Waals surface area contributed by atoms with Crippen molar-refractivity contribution in [1.82, 2.24) is 4.98 Å². The second-order valence-electron chi connectivity index (χ2n) is 9.50. The number of aliphatic hydroxyl groups is 1. The Balaban J connectivity index is 2.40. The fourth-order valence-electron chi connectivity index (χ4n) is 3.53. The number of aromatic nitrogens is 1. The Morgan fingerprint density at radius 2 is 1.50 bits per heavy atom. The Bertz CT molecular complexity index is 848. The van der Waals surface area contributed by atoms with Crippen molar-refractivity contribution < 1.29 is 9.90 Å². The van der Waals surface area contributed by atoms with Gasteiger partial charge < -0.3 is 10.1 Å². The van der Waals surface area contributed by atoms with Gasteiger partial charge in [0.1, 0.15) is 5.69 Å². The number of rotatable bonds is 5. The van der Waals surface area contributed by atoms with Gasteiger partial charge in [-0.25, -0.2) is 0 Å². The van der Waals surface area contributed by atoms with Gasteiger partial charge in [0.05, 0.1) is 16.7 Å². The lowest BCUT2D eigenvalue weighted by atomic mass is 9.75. The first kappa shape index (κ1) is 23.0. The number of H-pyrrole nitrogens is 1. The van der Waals surface area contributed by atoms with E-state index < -0.39 is 0 Å². The predicted octanol–water partition coefficient (Wildman–Crippen LogP) is 6.53. The summed E-state index contributed by atoms with van der Waals surface area (Å²) in [7, 11) is 0. The Morgan fingerprint density at radius 3 is 1.86 bits per heavy atom. The van der Waals surface area contributed by atoms with Crippen LogP contribution in [-0.4, -0.2) is 15.9 Å². The maximum atomic E-state index is 12.7. The highest BCUT2D eigenvalue weighted by Crippen LogP contribution is 2.36. The van der Waals surface area contributed by atoms with E-state index in [9.17, 15) is 9.90 Å². The SMILES string of the molecule is Cc1[nH]c(C(=O)CCc2cc(C(C)(C)C)c(CO)c(C(C)(C)C)c2)c(Cl)c1Cl. The Kier molecular flexibility index (Phi) is 6.75. The summed E-state index contributed by atoms with van der Waals surface area (Å²) >= 11 is 12.3. The zero-order valence-corrected chi connectivity index (χ0v) is 19.4. The number of Topliss-reactive ketones (excluding diaryl/α,β-unsaturated/α-hetero) is 1. The van der Waals surface area contributed by atoms with Crippen molar-refractivity contribution in [2.24, 2.45) is 0 Å². The molecule has 1 heterocycles. The van der Waals surface area contributed by atoms with Crippen molar-refractivity contribution in [3.63, 3.8) is 0 Å². The quantitative estimate of drug-likeness (QED) is 0.536. The van der Waals surface area contributed by atoms with Crippen LogP contribution < -0.4 is 0 Å². The van der Waals surface area contributed by atoms with Crippen molar-refractivity contribution >= 4 is 29.0 Å². The molecule has 2 N–H and O–H groups in total. The molecule has 28 heavy (non-hydrogen) atoms. The van der Waals surface area contributed by atoms with Crippen LogP contribution in [-0.2, 0) is 23.9 Å². The molecule has 1 aromatic heterocycles. The fraction of sp³-hybridized carbons (Fsp3) is 0.522. The number of nitrogens with one attached hydrogen (secondary N) is 1. The number of carbonyl (C=O) groups excluding carboxylic acids is 1. The molecular weight excluding hydrogens is 393 g/mol. The van der Waals surface area contributed by atoms with Gasteiger partial charge in [0, 0.05) is 12.1 Å². The Hall–Kier alpha value is -1.29. The zero-order valence-electron chi connectivity index (χ0n) is 17.9. The first-order valence-corrected chi connectivity index (χ1v) is 10.4. The fourth-order valence-corrected chi connectivity index (χ4v) is 3.97. The van der Waals surface area contributed by atoms with Crippen LogP contribution in [0.1, 0.15) is 86.4 Å². The lowest BCUT2D eigenvalue weighted by molar-refractivity contribution is 0.0978. The molecule has 0 radical (unpaired) electrons. The average Bonchev–Trinajstić information content (AvgIpc) is 2.84. The third-order valence-electron chi connectivity index (χ3n) is 5.06. The molecule has 0 fully saturated rings. The molecule has 0 bridgehead atoms. The number of aryl methyl sites for hydroxylation is 2.